The summed E-state index contributed by atoms with van der Waals surface area (Å²) in [6.07, 6.45) is 2.57. The summed E-state index contributed by atoms with van der Waals surface area (Å²) in [6.45, 7) is 1.94. The van der Waals surface area contributed by atoms with Gasteiger partial charge in [0, 0.05) is 34.2 Å². The SMILES string of the molecule is CC(N)CCS(=O)Cc1cccc2cccnc12. The van der Waals surface area contributed by atoms with Crippen molar-refractivity contribution >= 4 is 21.7 Å². The van der Waals surface area contributed by atoms with Crippen LogP contribution in [0.3, 0.4) is 0 Å². The van der Waals surface area contributed by atoms with Crippen LogP contribution in [0.4, 0.5) is 0 Å². The number of hydrogen-bond donors (Lipinski definition) is 1. The van der Waals surface area contributed by atoms with E-state index in [2.05, 4.69) is 4.98 Å². The second-order valence-corrected chi connectivity index (χ2v) is 6.12. The number of nitrogens with two attached hydrogens (primary N) is 1. The second-order valence-electron chi connectivity index (χ2n) is 4.55. The minimum atomic E-state index is -0.868. The van der Waals surface area contributed by atoms with Gasteiger partial charge < -0.3 is 5.73 Å². The first kappa shape index (κ1) is 13.2. The molecule has 0 amide bonds. The molecule has 0 aliphatic carbocycles. The van der Waals surface area contributed by atoms with E-state index < -0.39 is 10.8 Å². The molecule has 1 heterocycles. The molecule has 2 atom stereocenters. The molecule has 0 spiro atoms. The van der Waals surface area contributed by atoms with Crippen molar-refractivity contribution in [2.45, 2.75) is 25.1 Å². The van der Waals surface area contributed by atoms with Gasteiger partial charge in [0.1, 0.15) is 0 Å². The zero-order valence-corrected chi connectivity index (χ0v) is 11.3. The number of fused-ring (bicyclic) bond motifs is 1. The third kappa shape index (κ3) is 3.37. The quantitative estimate of drug-likeness (QED) is 0.899. The summed E-state index contributed by atoms with van der Waals surface area (Å²) in [5, 5.41) is 1.10. The third-order valence-corrected chi connectivity index (χ3v) is 4.16. The molecule has 1 aromatic carbocycles. The van der Waals surface area contributed by atoms with E-state index in [1.807, 2.05) is 37.3 Å². The standard InChI is InChI=1S/C14H18N2OS/c1-11(15)7-9-18(17)10-13-5-2-4-12-6-3-8-16-14(12)13/h2-6,8,11H,7,9-10,15H2,1H3. The normalized spacial score (nSPS) is 14.6. The Morgan fingerprint density at radius 1 is 1.33 bits per heavy atom. The summed E-state index contributed by atoms with van der Waals surface area (Å²) in [4.78, 5) is 4.37. The van der Waals surface area contributed by atoms with Crippen LogP contribution in [-0.4, -0.2) is 21.0 Å². The Morgan fingerprint density at radius 2 is 2.11 bits per heavy atom. The average Bonchev–Trinajstić information content (AvgIpc) is 2.37. The van der Waals surface area contributed by atoms with Crippen LogP contribution in [0, 0.1) is 0 Å². The minimum Gasteiger partial charge on any atom is -0.328 e. The fourth-order valence-corrected chi connectivity index (χ4v) is 3.21. The molecule has 96 valence electrons. The van der Waals surface area contributed by atoms with E-state index in [0.29, 0.717) is 11.5 Å². The zero-order valence-electron chi connectivity index (χ0n) is 10.5. The molecule has 0 aliphatic rings. The van der Waals surface area contributed by atoms with Gasteiger partial charge in [-0.15, -0.1) is 0 Å². The number of nitrogens with zero attached hydrogens (tertiary/aromatic N) is 1. The average molecular weight is 262 g/mol. The lowest BCUT2D eigenvalue weighted by Crippen LogP contribution is -2.18. The van der Waals surface area contributed by atoms with Crippen molar-refractivity contribution < 1.29 is 4.21 Å². The Kier molecular flexibility index (Phi) is 4.44. The van der Waals surface area contributed by atoms with Gasteiger partial charge in [-0.25, -0.2) is 0 Å². The minimum absolute atomic E-state index is 0.111. The summed E-state index contributed by atoms with van der Waals surface area (Å²) < 4.78 is 12.0. The maximum absolute atomic E-state index is 12.0. The van der Waals surface area contributed by atoms with Gasteiger partial charge in [-0.2, -0.15) is 0 Å². The Bertz CT molecular complexity index is 549. The molecule has 0 bridgehead atoms. The van der Waals surface area contributed by atoms with E-state index in [0.717, 1.165) is 22.9 Å². The van der Waals surface area contributed by atoms with Gasteiger partial charge in [0.25, 0.3) is 0 Å². The fourth-order valence-electron chi connectivity index (χ4n) is 1.85. The highest BCUT2D eigenvalue weighted by atomic mass is 32.2. The van der Waals surface area contributed by atoms with Crippen LogP contribution in [0.15, 0.2) is 36.5 Å². The maximum atomic E-state index is 12.0. The molecule has 3 nitrogen and oxygen atoms in total. The van der Waals surface area contributed by atoms with Crippen molar-refractivity contribution in [1.82, 2.24) is 4.98 Å². The molecular formula is C14H18N2OS. The highest BCUT2D eigenvalue weighted by Gasteiger charge is 2.07. The van der Waals surface area contributed by atoms with E-state index in [1.165, 1.54) is 0 Å². The van der Waals surface area contributed by atoms with E-state index in [4.69, 9.17) is 5.73 Å². The predicted molar refractivity (Wildman–Crippen MR) is 76.7 cm³/mol. The highest BCUT2D eigenvalue weighted by Crippen LogP contribution is 2.17. The van der Waals surface area contributed by atoms with Gasteiger partial charge in [-0.1, -0.05) is 24.3 Å². The van der Waals surface area contributed by atoms with E-state index in [-0.39, 0.29) is 6.04 Å². The van der Waals surface area contributed by atoms with Gasteiger partial charge in [0.15, 0.2) is 0 Å². The molecule has 4 heteroatoms. The van der Waals surface area contributed by atoms with Crippen LogP contribution in [0.1, 0.15) is 18.9 Å². The molecule has 1 aromatic heterocycles. The fraction of sp³-hybridized carbons (Fsp3) is 0.357. The maximum Gasteiger partial charge on any atom is 0.0743 e. The molecule has 2 aromatic rings. The number of aromatic nitrogens is 1. The Morgan fingerprint density at radius 3 is 2.89 bits per heavy atom. The molecule has 0 saturated carbocycles. The van der Waals surface area contributed by atoms with Crippen LogP contribution in [0.25, 0.3) is 10.9 Å². The van der Waals surface area contributed by atoms with Crippen LogP contribution in [-0.2, 0) is 16.6 Å². The van der Waals surface area contributed by atoms with Gasteiger partial charge in [0.2, 0.25) is 0 Å². The number of para-hydroxylation sites is 1. The molecule has 18 heavy (non-hydrogen) atoms. The van der Waals surface area contributed by atoms with Crippen molar-refractivity contribution in [2.75, 3.05) is 5.75 Å². The van der Waals surface area contributed by atoms with Crippen molar-refractivity contribution in [3.8, 4) is 0 Å². The molecule has 0 saturated heterocycles. The number of benzene rings is 1. The zero-order chi connectivity index (χ0) is 13.0. The summed E-state index contributed by atoms with van der Waals surface area (Å²) in [5.74, 6) is 1.21. The van der Waals surface area contributed by atoms with Gasteiger partial charge in [0.05, 0.1) is 11.3 Å². The highest BCUT2D eigenvalue weighted by molar-refractivity contribution is 7.84. The molecule has 0 fully saturated rings. The molecule has 0 radical (unpaired) electrons. The topological polar surface area (TPSA) is 56.0 Å². The Hall–Kier alpha value is -1.26. The van der Waals surface area contributed by atoms with E-state index in [1.54, 1.807) is 6.20 Å². The van der Waals surface area contributed by atoms with Crippen LogP contribution >= 0.6 is 0 Å². The van der Waals surface area contributed by atoms with E-state index >= 15 is 0 Å². The smallest absolute Gasteiger partial charge is 0.0743 e. The second kappa shape index (κ2) is 6.07. The van der Waals surface area contributed by atoms with Crippen LogP contribution in [0.2, 0.25) is 0 Å². The van der Waals surface area contributed by atoms with Gasteiger partial charge in [-0.05, 0) is 25.0 Å². The van der Waals surface area contributed by atoms with Crippen LogP contribution < -0.4 is 5.73 Å². The molecule has 2 N–H and O–H groups in total. The molecule has 2 rings (SSSR count). The molecular weight excluding hydrogens is 244 g/mol. The van der Waals surface area contributed by atoms with Crippen molar-refractivity contribution in [3.63, 3.8) is 0 Å². The van der Waals surface area contributed by atoms with Gasteiger partial charge in [-0.3, -0.25) is 9.19 Å². The lowest BCUT2D eigenvalue weighted by molar-refractivity contribution is 0.667. The first-order chi connectivity index (χ1) is 8.66. The largest absolute Gasteiger partial charge is 0.328 e. The lowest BCUT2D eigenvalue weighted by Gasteiger charge is -2.07. The summed E-state index contributed by atoms with van der Waals surface area (Å²) in [7, 11) is -0.868. The van der Waals surface area contributed by atoms with Crippen LogP contribution in [0.5, 0.6) is 0 Å². The molecule has 0 aliphatic heterocycles. The predicted octanol–water partition coefficient (Wildman–Crippen LogP) is 2.22. The summed E-state index contributed by atoms with van der Waals surface area (Å²) >= 11 is 0. The monoisotopic (exact) mass is 262 g/mol. The van der Waals surface area contributed by atoms with E-state index in [9.17, 15) is 4.21 Å². The first-order valence-corrected chi connectivity index (χ1v) is 7.59. The lowest BCUT2D eigenvalue weighted by atomic mass is 10.1. The summed E-state index contributed by atoms with van der Waals surface area (Å²) in [6, 6.07) is 10.1. The van der Waals surface area contributed by atoms with Crippen molar-refractivity contribution in [3.05, 3.63) is 42.1 Å². The first-order valence-electron chi connectivity index (χ1n) is 6.10. The van der Waals surface area contributed by atoms with Crippen molar-refractivity contribution in [2.24, 2.45) is 5.73 Å². The summed E-state index contributed by atoms with van der Waals surface area (Å²) in [5.41, 5.74) is 7.68. The number of rotatable bonds is 5. The van der Waals surface area contributed by atoms with Crippen molar-refractivity contribution in [1.29, 1.82) is 0 Å². The number of pyridine rings is 1. The third-order valence-electron chi connectivity index (χ3n) is 2.83. The Balaban J connectivity index is 2.14. The number of hydrogen-bond acceptors (Lipinski definition) is 3. The van der Waals surface area contributed by atoms with Gasteiger partial charge >= 0.3 is 0 Å². The molecule has 2 unspecified atom stereocenters. The Labute approximate surface area is 110 Å².